The number of hydrogen-bond donors (Lipinski definition) is 3. The van der Waals surface area contributed by atoms with Crippen LogP contribution in [0.4, 0.5) is 4.79 Å². The van der Waals surface area contributed by atoms with Gasteiger partial charge in [0, 0.05) is 51.4 Å². The van der Waals surface area contributed by atoms with Crippen molar-refractivity contribution in [3.63, 3.8) is 0 Å². The zero-order chi connectivity index (χ0) is 35.8. The van der Waals surface area contributed by atoms with Crippen molar-refractivity contribution in [1.82, 2.24) is 9.80 Å². The van der Waals surface area contributed by atoms with Gasteiger partial charge < -0.3 is 44.1 Å². The number of ether oxygens (including phenoxy) is 4. The number of nitrogens with zero attached hydrogens (tertiary/aromatic N) is 2. The van der Waals surface area contributed by atoms with Gasteiger partial charge in [0.25, 0.3) is 0 Å². The number of carbonyl (C=O) groups excluding carboxylic acids is 3. The summed E-state index contributed by atoms with van der Waals surface area (Å²) in [6.45, 7) is 14.6. The van der Waals surface area contributed by atoms with Crippen molar-refractivity contribution in [2.75, 3.05) is 33.2 Å². The molecule has 0 saturated carbocycles. The van der Waals surface area contributed by atoms with Crippen LogP contribution in [0.5, 0.6) is 0 Å². The molecule has 0 aromatic carbocycles. The van der Waals surface area contributed by atoms with E-state index in [2.05, 4.69) is 4.90 Å². The van der Waals surface area contributed by atoms with Crippen LogP contribution >= 0.6 is 0 Å². The van der Waals surface area contributed by atoms with Crippen molar-refractivity contribution in [3.8, 4) is 0 Å². The molecule has 12 heteroatoms. The van der Waals surface area contributed by atoms with Crippen molar-refractivity contribution >= 4 is 18.0 Å². The number of likely N-dealkylation sites (N-methyl/N-ethyl adjacent to an activating group) is 1. The van der Waals surface area contributed by atoms with Gasteiger partial charge in [-0.1, -0.05) is 45.1 Å². The summed E-state index contributed by atoms with van der Waals surface area (Å²) in [6.07, 6.45) is 5.55. The first-order chi connectivity index (χ1) is 22.4. The maximum absolute atomic E-state index is 13.3. The maximum Gasteiger partial charge on any atom is 0.410 e. The summed E-state index contributed by atoms with van der Waals surface area (Å²) in [4.78, 5) is 42.2. The van der Waals surface area contributed by atoms with Crippen LogP contribution in [0.25, 0.3) is 0 Å². The molecule has 2 saturated heterocycles. The molecule has 1 amide bonds. The standard InChI is InChI=1S/C36H58N2O10/c1-9-28(41)25(4)33-29(46-33)22-35(6,44)15-10-11-23(2)32-24(3)12-13-30(45-26(5)39)36(7,16-14-27(40)21-31(42)47-32)48-34(43)38-19-17-37(8)18-20-38/h10-13,15,24-25,27-30,32-33,40-41,44H,9,14,16-22H2,1-8H3/b13-12-,15-10+,23-11+/t24-,25+,27+,28-,29+,30-,32+,33+,35-,36+/m0/s1. The Morgan fingerprint density at radius 1 is 1.21 bits per heavy atom. The minimum atomic E-state index is -1.32. The number of cyclic esters (lactones) is 1. The summed E-state index contributed by atoms with van der Waals surface area (Å²) in [5.41, 5.74) is -1.81. The largest absolute Gasteiger partial charge is 0.457 e. The molecule has 0 aromatic rings. The number of carbonyl (C=O) groups is 3. The summed E-state index contributed by atoms with van der Waals surface area (Å²) in [6, 6.07) is 0. The Labute approximate surface area is 285 Å². The topological polar surface area (TPSA) is 159 Å². The monoisotopic (exact) mass is 678 g/mol. The lowest BCUT2D eigenvalue weighted by atomic mass is 9.88. The highest BCUT2D eigenvalue weighted by Crippen LogP contribution is 2.38. The fourth-order valence-electron chi connectivity index (χ4n) is 6.33. The van der Waals surface area contributed by atoms with E-state index in [9.17, 15) is 29.7 Å². The molecule has 0 aliphatic carbocycles. The van der Waals surface area contributed by atoms with Gasteiger partial charge in [-0.05, 0) is 58.7 Å². The number of allylic oxidation sites excluding steroid dienone is 2. The van der Waals surface area contributed by atoms with Crippen molar-refractivity contribution in [2.24, 2.45) is 11.8 Å². The Kier molecular flexibility index (Phi) is 14.3. The minimum Gasteiger partial charge on any atom is -0.457 e. The van der Waals surface area contributed by atoms with E-state index < -0.39 is 59.6 Å². The predicted molar refractivity (Wildman–Crippen MR) is 180 cm³/mol. The molecule has 272 valence electrons. The van der Waals surface area contributed by atoms with Crippen LogP contribution in [0.2, 0.25) is 0 Å². The van der Waals surface area contributed by atoms with Gasteiger partial charge in [0.15, 0.2) is 11.7 Å². The van der Waals surface area contributed by atoms with Gasteiger partial charge in [0.2, 0.25) is 0 Å². The average molecular weight is 679 g/mol. The van der Waals surface area contributed by atoms with E-state index in [0.29, 0.717) is 44.6 Å². The number of esters is 2. The molecule has 3 N–H and O–H groups in total. The van der Waals surface area contributed by atoms with E-state index in [-0.39, 0.29) is 37.4 Å². The lowest BCUT2D eigenvalue weighted by Gasteiger charge is -2.39. The van der Waals surface area contributed by atoms with Crippen LogP contribution in [0.1, 0.15) is 80.6 Å². The third kappa shape index (κ3) is 11.7. The van der Waals surface area contributed by atoms with Gasteiger partial charge in [-0.2, -0.15) is 0 Å². The fourth-order valence-corrected chi connectivity index (χ4v) is 6.33. The first kappa shape index (κ1) is 39.7. The van der Waals surface area contributed by atoms with Crippen molar-refractivity contribution in [1.29, 1.82) is 0 Å². The van der Waals surface area contributed by atoms with E-state index in [1.54, 1.807) is 49.1 Å². The van der Waals surface area contributed by atoms with Gasteiger partial charge in [0.05, 0.1) is 36.4 Å². The van der Waals surface area contributed by atoms with E-state index in [0.717, 1.165) is 0 Å². The number of rotatable bonds is 10. The highest BCUT2D eigenvalue weighted by atomic mass is 16.6. The van der Waals surface area contributed by atoms with Gasteiger partial charge in [-0.3, -0.25) is 9.59 Å². The van der Waals surface area contributed by atoms with Gasteiger partial charge in [-0.25, -0.2) is 4.79 Å². The molecule has 0 spiro atoms. The molecule has 3 aliphatic rings. The molecular weight excluding hydrogens is 620 g/mol. The third-order valence-electron chi connectivity index (χ3n) is 9.72. The van der Waals surface area contributed by atoms with Crippen LogP contribution in [0.15, 0.2) is 36.0 Å². The van der Waals surface area contributed by atoms with Gasteiger partial charge >= 0.3 is 18.0 Å². The first-order valence-corrected chi connectivity index (χ1v) is 17.3. The molecular formula is C36H58N2O10. The van der Waals surface area contributed by atoms with Crippen LogP contribution in [-0.4, -0.2) is 124 Å². The second-order valence-corrected chi connectivity index (χ2v) is 14.4. The number of piperazine rings is 1. The fraction of sp³-hybridized carbons (Fsp3) is 0.750. The van der Waals surface area contributed by atoms with Crippen LogP contribution < -0.4 is 0 Å². The quantitative estimate of drug-likeness (QED) is 0.102. The Hall–Kier alpha value is -2.77. The second kappa shape index (κ2) is 17.2. The third-order valence-corrected chi connectivity index (χ3v) is 9.72. The van der Waals surface area contributed by atoms with Gasteiger partial charge in [-0.15, -0.1) is 0 Å². The van der Waals surface area contributed by atoms with Crippen molar-refractivity contribution in [2.45, 2.75) is 128 Å². The highest BCUT2D eigenvalue weighted by Gasteiger charge is 2.47. The normalized spacial score (nSPS) is 34.2. The summed E-state index contributed by atoms with van der Waals surface area (Å²) in [5, 5.41) is 32.0. The molecule has 0 unspecified atom stereocenters. The van der Waals surface area contributed by atoms with E-state index in [1.807, 2.05) is 34.7 Å². The number of epoxide rings is 1. The van der Waals surface area contributed by atoms with E-state index >= 15 is 0 Å². The predicted octanol–water partition coefficient (Wildman–Crippen LogP) is 3.53. The van der Waals surface area contributed by atoms with Crippen LogP contribution in [-0.2, 0) is 28.5 Å². The summed E-state index contributed by atoms with van der Waals surface area (Å²) in [5.74, 6) is -1.56. The van der Waals surface area contributed by atoms with Crippen molar-refractivity contribution in [3.05, 3.63) is 36.0 Å². The zero-order valence-corrected chi connectivity index (χ0v) is 30.0. The average Bonchev–Trinajstić information content (AvgIpc) is 3.77. The lowest BCUT2D eigenvalue weighted by Crippen LogP contribution is -2.52. The van der Waals surface area contributed by atoms with Crippen LogP contribution in [0, 0.1) is 11.8 Å². The summed E-state index contributed by atoms with van der Waals surface area (Å²) >= 11 is 0. The molecule has 12 nitrogen and oxygen atoms in total. The molecule has 3 heterocycles. The maximum atomic E-state index is 13.3. The number of hydrogen-bond acceptors (Lipinski definition) is 11. The van der Waals surface area contributed by atoms with Crippen molar-refractivity contribution < 1.29 is 48.7 Å². The highest BCUT2D eigenvalue weighted by molar-refractivity contribution is 5.71. The first-order valence-electron chi connectivity index (χ1n) is 17.3. The minimum absolute atomic E-state index is 0.0203. The molecule has 2 fully saturated rings. The molecule has 3 rings (SSSR count). The van der Waals surface area contributed by atoms with E-state index in [1.165, 1.54) is 6.92 Å². The molecule has 10 atom stereocenters. The molecule has 0 radical (unpaired) electrons. The Morgan fingerprint density at radius 3 is 2.50 bits per heavy atom. The SMILES string of the molecule is CC[C@H](O)[C@@H](C)[C@H]1O[C@@H]1C[C@@](C)(O)/C=C/C=C(\C)[C@H]1OC(=O)C[C@H](O)CC[C@@](C)(OC(=O)N2CCN(C)CC2)[C@@H](OC(C)=O)/C=C\[C@@H]1C. The lowest BCUT2D eigenvalue weighted by molar-refractivity contribution is -0.158. The number of aliphatic hydroxyl groups excluding tert-OH is 2. The molecule has 48 heavy (non-hydrogen) atoms. The Morgan fingerprint density at radius 2 is 1.88 bits per heavy atom. The number of amides is 1. The van der Waals surface area contributed by atoms with E-state index in [4.69, 9.17) is 18.9 Å². The second-order valence-electron chi connectivity index (χ2n) is 14.4. The smallest absolute Gasteiger partial charge is 0.410 e. The molecule has 3 aliphatic heterocycles. The molecule has 0 bridgehead atoms. The summed E-state index contributed by atoms with van der Waals surface area (Å²) < 4.78 is 23.4. The van der Waals surface area contributed by atoms with Gasteiger partial charge in [0.1, 0.15) is 6.10 Å². The summed E-state index contributed by atoms with van der Waals surface area (Å²) in [7, 11) is 1.98. The Balaban J connectivity index is 1.80. The zero-order valence-electron chi connectivity index (χ0n) is 30.0. The molecule has 0 aromatic heterocycles. The van der Waals surface area contributed by atoms with Crippen LogP contribution in [0.3, 0.4) is 0 Å². The Bertz CT molecular complexity index is 1190. The number of aliphatic hydroxyl groups is 3.